The molecule has 0 aromatic heterocycles. The fraction of sp³-hybridized carbons (Fsp3) is 0.933. The Kier molecular flexibility index (Phi) is 5.22. The summed E-state index contributed by atoms with van der Waals surface area (Å²) in [5, 5.41) is 9.53. The van der Waals surface area contributed by atoms with Gasteiger partial charge in [-0.2, -0.15) is 0 Å². The topological polar surface area (TPSA) is 49.8 Å². The minimum absolute atomic E-state index is 0.247. The van der Waals surface area contributed by atoms with Crippen LogP contribution in [0.4, 0.5) is 0 Å². The van der Waals surface area contributed by atoms with E-state index >= 15 is 0 Å². The van der Waals surface area contributed by atoms with Crippen LogP contribution >= 0.6 is 0 Å². The fourth-order valence-corrected chi connectivity index (χ4v) is 4.05. The van der Waals surface area contributed by atoms with Gasteiger partial charge >= 0.3 is 5.97 Å². The highest BCUT2D eigenvalue weighted by Gasteiger charge is 2.43. The Hall–Kier alpha value is -0.610. The van der Waals surface area contributed by atoms with Crippen molar-refractivity contribution in [3.05, 3.63) is 0 Å². The number of rotatable bonds is 5. The number of carboxylic acid groups (broad SMARTS) is 1. The number of carbonyl (C=O) groups is 1. The Morgan fingerprint density at radius 2 is 2.05 bits per heavy atom. The molecular formula is C15H27NO3. The van der Waals surface area contributed by atoms with E-state index in [4.69, 9.17) is 4.74 Å². The molecule has 110 valence electrons. The third-order valence-electron chi connectivity index (χ3n) is 4.96. The van der Waals surface area contributed by atoms with Gasteiger partial charge in [0, 0.05) is 19.2 Å². The van der Waals surface area contributed by atoms with Gasteiger partial charge in [-0.3, -0.25) is 9.69 Å². The number of hydrogen-bond donors (Lipinski definition) is 1. The van der Waals surface area contributed by atoms with Gasteiger partial charge in [0.05, 0.1) is 6.61 Å². The van der Waals surface area contributed by atoms with Gasteiger partial charge in [-0.15, -0.1) is 0 Å². The van der Waals surface area contributed by atoms with Crippen molar-refractivity contribution in [3.8, 4) is 0 Å². The average molecular weight is 269 g/mol. The van der Waals surface area contributed by atoms with Crippen LogP contribution in [0.1, 0.15) is 51.9 Å². The van der Waals surface area contributed by atoms with Gasteiger partial charge in [-0.05, 0) is 38.0 Å². The predicted octanol–water partition coefficient (Wildman–Crippen LogP) is 2.52. The summed E-state index contributed by atoms with van der Waals surface area (Å²) in [6.07, 6.45) is 7.84. The lowest BCUT2D eigenvalue weighted by Gasteiger charge is -2.50. The summed E-state index contributed by atoms with van der Waals surface area (Å²) in [7, 11) is 1.71. The van der Waals surface area contributed by atoms with Crippen LogP contribution in [0, 0.1) is 5.92 Å². The predicted molar refractivity (Wildman–Crippen MR) is 74.2 cm³/mol. The average Bonchev–Trinajstić information content (AvgIpc) is 2.43. The van der Waals surface area contributed by atoms with E-state index in [1.165, 1.54) is 19.3 Å². The van der Waals surface area contributed by atoms with Gasteiger partial charge in [-0.1, -0.05) is 19.8 Å². The molecule has 4 nitrogen and oxygen atoms in total. The summed E-state index contributed by atoms with van der Waals surface area (Å²) in [4.78, 5) is 13.9. The van der Waals surface area contributed by atoms with Crippen molar-refractivity contribution in [3.63, 3.8) is 0 Å². The van der Waals surface area contributed by atoms with Crippen molar-refractivity contribution in [2.24, 2.45) is 5.92 Å². The molecule has 2 rings (SSSR count). The van der Waals surface area contributed by atoms with E-state index in [0.29, 0.717) is 18.6 Å². The Labute approximate surface area is 116 Å². The highest BCUT2D eigenvalue weighted by Crippen LogP contribution is 2.39. The number of hydrogen-bond acceptors (Lipinski definition) is 3. The molecule has 1 N–H and O–H groups in total. The van der Waals surface area contributed by atoms with Crippen LogP contribution in [0.15, 0.2) is 0 Å². The number of aliphatic carboxylic acids is 1. The molecule has 1 saturated carbocycles. The molecule has 19 heavy (non-hydrogen) atoms. The second-order valence-corrected chi connectivity index (χ2v) is 6.01. The number of carboxylic acids is 1. The van der Waals surface area contributed by atoms with E-state index in [1.807, 2.05) is 0 Å². The van der Waals surface area contributed by atoms with E-state index in [-0.39, 0.29) is 12.1 Å². The zero-order valence-electron chi connectivity index (χ0n) is 12.2. The standard InChI is InChI=1S/C15H27NO3/c1-3-12(10-19-2)16-13-7-5-4-6-11(13)8-9-14(16)15(17)18/h11-14H,3-10H2,1-2H3,(H,17,18). The van der Waals surface area contributed by atoms with Gasteiger partial charge in [0.2, 0.25) is 0 Å². The van der Waals surface area contributed by atoms with Gasteiger partial charge in [0.25, 0.3) is 0 Å². The minimum Gasteiger partial charge on any atom is -0.480 e. The number of fused-ring (bicyclic) bond motifs is 1. The quantitative estimate of drug-likeness (QED) is 0.833. The molecule has 0 radical (unpaired) electrons. The third-order valence-corrected chi connectivity index (χ3v) is 4.96. The van der Waals surface area contributed by atoms with Gasteiger partial charge < -0.3 is 9.84 Å². The molecule has 1 saturated heterocycles. The first-order valence-corrected chi connectivity index (χ1v) is 7.68. The van der Waals surface area contributed by atoms with Crippen molar-refractivity contribution in [2.75, 3.05) is 13.7 Å². The number of likely N-dealkylation sites (tertiary alicyclic amines) is 1. The van der Waals surface area contributed by atoms with E-state index in [9.17, 15) is 9.90 Å². The van der Waals surface area contributed by atoms with Crippen LogP contribution < -0.4 is 0 Å². The molecule has 0 amide bonds. The zero-order valence-corrected chi connectivity index (χ0v) is 12.2. The first-order chi connectivity index (χ1) is 9.19. The Morgan fingerprint density at radius 3 is 2.68 bits per heavy atom. The van der Waals surface area contributed by atoms with Crippen LogP contribution in [-0.4, -0.2) is 47.8 Å². The summed E-state index contributed by atoms with van der Waals surface area (Å²) in [6.45, 7) is 2.78. The molecule has 4 unspecified atom stereocenters. The second kappa shape index (κ2) is 6.71. The highest BCUT2D eigenvalue weighted by molar-refractivity contribution is 5.73. The summed E-state index contributed by atoms with van der Waals surface area (Å²) < 4.78 is 5.32. The first kappa shape index (κ1) is 14.8. The van der Waals surface area contributed by atoms with E-state index in [2.05, 4.69) is 11.8 Å². The van der Waals surface area contributed by atoms with Gasteiger partial charge in [-0.25, -0.2) is 0 Å². The van der Waals surface area contributed by atoms with E-state index < -0.39 is 5.97 Å². The minimum atomic E-state index is -0.654. The summed E-state index contributed by atoms with van der Waals surface area (Å²) in [5.74, 6) is 0.0498. The highest BCUT2D eigenvalue weighted by atomic mass is 16.5. The summed E-state index contributed by atoms with van der Waals surface area (Å²) in [6, 6.07) is 0.403. The lowest BCUT2D eigenvalue weighted by atomic mass is 9.75. The Balaban J connectivity index is 2.20. The number of ether oxygens (including phenoxy) is 1. The van der Waals surface area contributed by atoms with Crippen molar-refractivity contribution >= 4 is 5.97 Å². The maximum atomic E-state index is 11.6. The van der Waals surface area contributed by atoms with Gasteiger partial charge in [0.1, 0.15) is 6.04 Å². The van der Waals surface area contributed by atoms with Crippen LogP contribution in [0.5, 0.6) is 0 Å². The van der Waals surface area contributed by atoms with E-state index in [0.717, 1.165) is 25.7 Å². The fourth-order valence-electron chi connectivity index (χ4n) is 4.05. The molecule has 4 heteroatoms. The van der Waals surface area contributed by atoms with Crippen LogP contribution in [0.2, 0.25) is 0 Å². The van der Waals surface area contributed by atoms with Crippen molar-refractivity contribution in [2.45, 2.75) is 70.0 Å². The third kappa shape index (κ3) is 3.11. The first-order valence-electron chi connectivity index (χ1n) is 7.68. The monoisotopic (exact) mass is 269 g/mol. The van der Waals surface area contributed by atoms with E-state index in [1.54, 1.807) is 7.11 Å². The van der Waals surface area contributed by atoms with Crippen LogP contribution in [0.3, 0.4) is 0 Å². The Morgan fingerprint density at radius 1 is 1.32 bits per heavy atom. The number of methoxy groups -OCH3 is 1. The maximum absolute atomic E-state index is 11.6. The van der Waals surface area contributed by atoms with Crippen LogP contribution in [0.25, 0.3) is 0 Å². The van der Waals surface area contributed by atoms with Crippen LogP contribution in [-0.2, 0) is 9.53 Å². The molecule has 1 aliphatic carbocycles. The largest absolute Gasteiger partial charge is 0.480 e. The molecule has 1 aliphatic heterocycles. The van der Waals surface area contributed by atoms with Crippen molar-refractivity contribution in [1.82, 2.24) is 4.90 Å². The molecule has 0 bridgehead atoms. The smallest absolute Gasteiger partial charge is 0.320 e. The maximum Gasteiger partial charge on any atom is 0.320 e. The SMILES string of the molecule is CCC(COC)N1C(C(=O)O)CCC2CCCCC21. The van der Waals surface area contributed by atoms with Gasteiger partial charge in [0.15, 0.2) is 0 Å². The summed E-state index contributed by atoms with van der Waals surface area (Å²) >= 11 is 0. The molecule has 2 fully saturated rings. The Bertz CT molecular complexity index is 308. The lowest BCUT2D eigenvalue weighted by Crippen LogP contribution is -2.59. The molecule has 1 heterocycles. The zero-order chi connectivity index (χ0) is 13.8. The molecule has 0 aromatic carbocycles. The normalized spacial score (nSPS) is 33.7. The number of piperidine rings is 1. The molecule has 0 aromatic rings. The molecule has 0 spiro atoms. The number of nitrogens with zero attached hydrogens (tertiary/aromatic N) is 1. The lowest BCUT2D eigenvalue weighted by molar-refractivity contribution is -0.151. The second-order valence-electron chi connectivity index (χ2n) is 6.01. The molecular weight excluding hydrogens is 242 g/mol. The van der Waals surface area contributed by atoms with Crippen molar-refractivity contribution in [1.29, 1.82) is 0 Å². The molecule has 2 aliphatic rings. The summed E-state index contributed by atoms with van der Waals surface area (Å²) in [5.41, 5.74) is 0. The molecule has 4 atom stereocenters. The van der Waals surface area contributed by atoms with Crippen molar-refractivity contribution < 1.29 is 14.6 Å².